The Bertz CT molecular complexity index is 1150. The average Bonchev–Trinajstić information content (AvgIpc) is 3.49. The first kappa shape index (κ1) is 19.8. The Morgan fingerprint density at radius 1 is 1.10 bits per heavy atom. The van der Waals surface area contributed by atoms with Crippen molar-refractivity contribution in [2.45, 2.75) is 25.2 Å². The monoisotopic (exact) mass is 419 g/mol. The lowest BCUT2D eigenvalue weighted by Gasteiger charge is -2.13. The van der Waals surface area contributed by atoms with Crippen molar-refractivity contribution < 1.29 is 31.9 Å². The van der Waals surface area contributed by atoms with Crippen LogP contribution in [0, 0.1) is 0 Å². The minimum atomic E-state index is -4.90. The van der Waals surface area contributed by atoms with Crippen molar-refractivity contribution in [3.8, 4) is 22.6 Å². The molecule has 1 aliphatic rings. The number of hydrogen-bond donors (Lipinski definition) is 1. The molecule has 0 unspecified atom stereocenters. The van der Waals surface area contributed by atoms with Crippen molar-refractivity contribution in [3.05, 3.63) is 59.0 Å². The summed E-state index contributed by atoms with van der Waals surface area (Å²) in [6, 6.07) is 11.6. The van der Waals surface area contributed by atoms with Gasteiger partial charge in [-0.25, -0.2) is 4.79 Å². The highest BCUT2D eigenvalue weighted by atomic mass is 19.4. The van der Waals surface area contributed by atoms with Gasteiger partial charge in [0, 0.05) is 23.1 Å². The Morgan fingerprint density at radius 3 is 2.60 bits per heavy atom. The van der Waals surface area contributed by atoms with Crippen LogP contribution in [0.5, 0.6) is 11.5 Å². The molecule has 0 bridgehead atoms. The molecule has 3 aromatic rings. The predicted octanol–water partition coefficient (Wildman–Crippen LogP) is 4.02. The van der Waals surface area contributed by atoms with E-state index in [4.69, 9.17) is 9.15 Å². The maximum absolute atomic E-state index is 12.7. The molecule has 156 valence electrons. The quantitative estimate of drug-likeness (QED) is 0.611. The lowest BCUT2D eigenvalue weighted by atomic mass is 10.0. The molecule has 0 saturated heterocycles. The van der Waals surface area contributed by atoms with E-state index in [9.17, 15) is 22.8 Å². The number of hydrogen-bond acceptors (Lipinski definition) is 5. The second-order valence-corrected chi connectivity index (χ2v) is 6.82. The topological polar surface area (TPSA) is 77.8 Å². The second kappa shape index (κ2) is 7.74. The SMILES string of the molecule is O=C(COc1ccc2cc(-c3ccccc3OC(F)(F)F)c(=O)oc2c1)NC1CC1. The number of alkyl halides is 3. The summed E-state index contributed by atoms with van der Waals surface area (Å²) in [6.45, 7) is -0.174. The Morgan fingerprint density at radius 2 is 1.87 bits per heavy atom. The molecule has 1 saturated carbocycles. The number of nitrogens with one attached hydrogen (secondary N) is 1. The molecule has 0 radical (unpaired) electrons. The van der Waals surface area contributed by atoms with Gasteiger partial charge in [0.1, 0.15) is 17.1 Å². The molecule has 1 fully saturated rings. The van der Waals surface area contributed by atoms with Gasteiger partial charge in [-0.3, -0.25) is 4.79 Å². The summed E-state index contributed by atoms with van der Waals surface area (Å²) in [6.07, 6.45) is -2.97. The average molecular weight is 419 g/mol. The highest BCUT2D eigenvalue weighted by molar-refractivity contribution is 5.84. The fraction of sp³-hybridized carbons (Fsp3) is 0.238. The largest absolute Gasteiger partial charge is 0.573 e. The number of carbonyl (C=O) groups is 1. The highest BCUT2D eigenvalue weighted by Crippen LogP contribution is 2.33. The normalized spacial score (nSPS) is 13.8. The Balaban J connectivity index is 1.60. The zero-order valence-corrected chi connectivity index (χ0v) is 15.5. The molecule has 1 amide bonds. The first-order chi connectivity index (χ1) is 14.3. The van der Waals surface area contributed by atoms with Crippen LogP contribution in [0.25, 0.3) is 22.1 Å². The van der Waals surface area contributed by atoms with Gasteiger partial charge in [-0.1, -0.05) is 18.2 Å². The molecule has 30 heavy (non-hydrogen) atoms. The van der Waals surface area contributed by atoms with Crippen molar-refractivity contribution in [3.63, 3.8) is 0 Å². The summed E-state index contributed by atoms with van der Waals surface area (Å²) < 4.78 is 52.7. The van der Waals surface area contributed by atoms with Crippen LogP contribution >= 0.6 is 0 Å². The summed E-state index contributed by atoms with van der Waals surface area (Å²) in [5.74, 6) is -0.418. The van der Waals surface area contributed by atoms with E-state index in [1.807, 2.05) is 0 Å². The lowest BCUT2D eigenvalue weighted by molar-refractivity contribution is -0.274. The maximum atomic E-state index is 12.7. The number of benzene rings is 2. The van der Waals surface area contributed by atoms with Gasteiger partial charge in [-0.15, -0.1) is 13.2 Å². The van der Waals surface area contributed by atoms with Gasteiger partial charge in [-0.05, 0) is 37.1 Å². The minimum Gasteiger partial charge on any atom is -0.484 e. The fourth-order valence-corrected chi connectivity index (χ4v) is 2.92. The third-order valence-electron chi connectivity index (χ3n) is 4.42. The number of halogens is 3. The fourth-order valence-electron chi connectivity index (χ4n) is 2.92. The summed E-state index contributed by atoms with van der Waals surface area (Å²) in [4.78, 5) is 24.2. The van der Waals surface area contributed by atoms with Gasteiger partial charge < -0.3 is 19.2 Å². The van der Waals surface area contributed by atoms with Crippen LogP contribution in [0.1, 0.15) is 12.8 Å². The van der Waals surface area contributed by atoms with E-state index in [-0.39, 0.29) is 35.3 Å². The summed E-state index contributed by atoms with van der Waals surface area (Å²) in [5.41, 5.74) is -0.759. The number of amides is 1. The van der Waals surface area contributed by atoms with E-state index in [2.05, 4.69) is 10.1 Å². The molecule has 1 aliphatic carbocycles. The van der Waals surface area contributed by atoms with E-state index >= 15 is 0 Å². The van der Waals surface area contributed by atoms with Gasteiger partial charge >= 0.3 is 12.0 Å². The van der Waals surface area contributed by atoms with Crippen molar-refractivity contribution in [1.82, 2.24) is 5.32 Å². The van der Waals surface area contributed by atoms with Crippen LogP contribution in [0.3, 0.4) is 0 Å². The highest BCUT2D eigenvalue weighted by Gasteiger charge is 2.32. The van der Waals surface area contributed by atoms with Gasteiger partial charge in [0.2, 0.25) is 0 Å². The van der Waals surface area contributed by atoms with Crippen LogP contribution in [0.4, 0.5) is 13.2 Å². The summed E-state index contributed by atoms with van der Waals surface area (Å²) >= 11 is 0. The van der Waals surface area contributed by atoms with E-state index in [1.165, 1.54) is 30.3 Å². The predicted molar refractivity (Wildman–Crippen MR) is 101 cm³/mol. The molecule has 1 aromatic heterocycles. The van der Waals surface area contributed by atoms with E-state index in [0.717, 1.165) is 18.9 Å². The second-order valence-electron chi connectivity index (χ2n) is 6.82. The Hall–Kier alpha value is -3.49. The summed E-state index contributed by atoms with van der Waals surface area (Å²) in [5, 5.41) is 3.26. The van der Waals surface area contributed by atoms with Crippen molar-refractivity contribution >= 4 is 16.9 Å². The van der Waals surface area contributed by atoms with E-state index < -0.39 is 17.7 Å². The Labute approximate surface area is 168 Å². The number of fused-ring (bicyclic) bond motifs is 1. The van der Waals surface area contributed by atoms with E-state index in [0.29, 0.717) is 11.1 Å². The van der Waals surface area contributed by atoms with Gasteiger partial charge in [0.05, 0.1) is 5.56 Å². The van der Waals surface area contributed by atoms with Crippen LogP contribution in [0.2, 0.25) is 0 Å². The number of para-hydroxylation sites is 1. The van der Waals surface area contributed by atoms with E-state index in [1.54, 1.807) is 12.1 Å². The molecule has 2 aromatic carbocycles. The van der Waals surface area contributed by atoms with Crippen LogP contribution in [0.15, 0.2) is 57.7 Å². The molecular weight excluding hydrogens is 403 g/mol. The molecule has 0 aliphatic heterocycles. The molecule has 1 N–H and O–H groups in total. The van der Waals surface area contributed by atoms with Crippen molar-refractivity contribution in [2.24, 2.45) is 0 Å². The molecule has 1 heterocycles. The number of rotatable bonds is 6. The van der Waals surface area contributed by atoms with Crippen LogP contribution in [-0.4, -0.2) is 24.9 Å². The third kappa shape index (κ3) is 4.73. The van der Waals surface area contributed by atoms with Gasteiger partial charge in [0.15, 0.2) is 6.61 Å². The standard InChI is InChI=1S/C21H16F3NO5/c22-21(23,24)30-17-4-2-1-3-15(17)16-9-12-5-8-14(10-18(12)29-20(16)27)28-11-19(26)25-13-6-7-13/h1-5,8-10,13H,6-7,11H2,(H,25,26). The minimum absolute atomic E-state index is 0.0393. The molecule has 0 spiro atoms. The van der Waals surface area contributed by atoms with Gasteiger partial charge in [-0.2, -0.15) is 0 Å². The van der Waals surface area contributed by atoms with Crippen molar-refractivity contribution in [2.75, 3.05) is 6.61 Å². The molecule has 4 rings (SSSR count). The number of ether oxygens (including phenoxy) is 2. The Kier molecular flexibility index (Phi) is 5.11. The smallest absolute Gasteiger partial charge is 0.484 e. The zero-order chi connectivity index (χ0) is 21.3. The first-order valence-corrected chi connectivity index (χ1v) is 9.14. The van der Waals surface area contributed by atoms with Crippen LogP contribution < -0.4 is 20.4 Å². The van der Waals surface area contributed by atoms with Gasteiger partial charge in [0.25, 0.3) is 5.91 Å². The summed E-state index contributed by atoms with van der Waals surface area (Å²) in [7, 11) is 0. The third-order valence-corrected chi connectivity index (χ3v) is 4.42. The molecular formula is C21H16F3NO5. The van der Waals surface area contributed by atoms with Crippen molar-refractivity contribution in [1.29, 1.82) is 0 Å². The maximum Gasteiger partial charge on any atom is 0.573 e. The van der Waals surface area contributed by atoms with Crippen LogP contribution in [-0.2, 0) is 4.79 Å². The molecule has 6 nitrogen and oxygen atoms in total. The first-order valence-electron chi connectivity index (χ1n) is 9.14. The molecule has 9 heteroatoms. The zero-order valence-electron chi connectivity index (χ0n) is 15.5. The molecule has 0 atom stereocenters. The lowest BCUT2D eigenvalue weighted by Crippen LogP contribution is -2.30. The number of carbonyl (C=O) groups excluding carboxylic acids is 1.